The van der Waals surface area contributed by atoms with Gasteiger partial charge in [0, 0.05) is 12.3 Å². The summed E-state index contributed by atoms with van der Waals surface area (Å²) in [6.07, 6.45) is 2.66. The van der Waals surface area contributed by atoms with Crippen LogP contribution in [0.5, 0.6) is 0 Å². The van der Waals surface area contributed by atoms with E-state index in [9.17, 15) is 14.7 Å². The van der Waals surface area contributed by atoms with Crippen molar-refractivity contribution in [2.45, 2.75) is 44.1 Å². The van der Waals surface area contributed by atoms with E-state index in [2.05, 4.69) is 4.98 Å². The quantitative estimate of drug-likeness (QED) is 0.888. The number of aliphatic hydroxyl groups excluding tert-OH is 1. The van der Waals surface area contributed by atoms with E-state index >= 15 is 0 Å². The SMILES string of the molecule is O=c1ccn([C@@H]2C[C@@H](OCc3ccccc3)CCC2O)c(=O)[nH]1. The van der Waals surface area contributed by atoms with Gasteiger partial charge in [-0.3, -0.25) is 14.3 Å². The van der Waals surface area contributed by atoms with Gasteiger partial charge in [-0.2, -0.15) is 0 Å². The molecule has 23 heavy (non-hydrogen) atoms. The van der Waals surface area contributed by atoms with Gasteiger partial charge in [-0.15, -0.1) is 0 Å². The van der Waals surface area contributed by atoms with E-state index in [1.165, 1.54) is 16.8 Å². The number of nitrogens with zero attached hydrogens (tertiary/aromatic N) is 1. The molecule has 1 saturated carbocycles. The van der Waals surface area contributed by atoms with Crippen LogP contribution in [-0.2, 0) is 11.3 Å². The fraction of sp³-hybridized carbons (Fsp3) is 0.412. The zero-order chi connectivity index (χ0) is 16.2. The van der Waals surface area contributed by atoms with E-state index < -0.39 is 17.4 Å². The highest BCUT2D eigenvalue weighted by molar-refractivity contribution is 5.13. The predicted octanol–water partition coefficient (Wildman–Crippen LogP) is 1.21. The summed E-state index contributed by atoms with van der Waals surface area (Å²) in [4.78, 5) is 25.3. The Morgan fingerprint density at radius 1 is 1.17 bits per heavy atom. The van der Waals surface area contributed by atoms with Crippen LogP contribution in [-0.4, -0.2) is 26.9 Å². The van der Waals surface area contributed by atoms with E-state index in [1.54, 1.807) is 0 Å². The maximum absolute atomic E-state index is 11.9. The van der Waals surface area contributed by atoms with E-state index in [-0.39, 0.29) is 12.1 Å². The second kappa shape index (κ2) is 6.93. The normalized spacial score (nSPS) is 24.5. The Bertz CT molecular complexity index is 753. The standard InChI is InChI=1S/C17H20N2O4/c20-15-7-6-13(23-11-12-4-2-1-3-5-12)10-14(15)19-9-8-16(21)18-17(19)22/h1-5,8-9,13-15,20H,6-7,10-11H2,(H,18,21,22)/t13-,14+,15?/m0/s1. The van der Waals surface area contributed by atoms with Crippen LogP contribution in [0.4, 0.5) is 0 Å². The first-order valence-corrected chi connectivity index (χ1v) is 7.78. The summed E-state index contributed by atoms with van der Waals surface area (Å²) >= 11 is 0. The Morgan fingerprint density at radius 3 is 2.70 bits per heavy atom. The zero-order valence-corrected chi connectivity index (χ0v) is 12.7. The monoisotopic (exact) mass is 316 g/mol. The van der Waals surface area contributed by atoms with E-state index in [1.807, 2.05) is 30.3 Å². The molecule has 1 aliphatic rings. The average molecular weight is 316 g/mol. The van der Waals surface area contributed by atoms with Gasteiger partial charge in [-0.05, 0) is 24.8 Å². The molecule has 1 aromatic heterocycles. The van der Waals surface area contributed by atoms with E-state index in [4.69, 9.17) is 4.74 Å². The summed E-state index contributed by atoms with van der Waals surface area (Å²) in [6.45, 7) is 0.509. The van der Waals surface area contributed by atoms with Gasteiger partial charge in [0.1, 0.15) is 0 Å². The third kappa shape index (κ3) is 3.78. The lowest BCUT2D eigenvalue weighted by Gasteiger charge is -2.34. The van der Waals surface area contributed by atoms with Crippen molar-refractivity contribution in [2.24, 2.45) is 0 Å². The summed E-state index contributed by atoms with van der Waals surface area (Å²) in [7, 11) is 0. The Balaban J connectivity index is 1.69. The number of rotatable bonds is 4. The topological polar surface area (TPSA) is 84.3 Å². The largest absolute Gasteiger partial charge is 0.391 e. The van der Waals surface area contributed by atoms with Crippen molar-refractivity contribution >= 4 is 0 Å². The number of aliphatic hydroxyl groups is 1. The van der Waals surface area contributed by atoms with Crippen LogP contribution in [0.25, 0.3) is 0 Å². The van der Waals surface area contributed by atoms with Crippen molar-refractivity contribution in [1.82, 2.24) is 9.55 Å². The molecule has 1 aliphatic carbocycles. The fourth-order valence-corrected chi connectivity index (χ4v) is 3.02. The van der Waals surface area contributed by atoms with Crippen molar-refractivity contribution in [2.75, 3.05) is 0 Å². The molecule has 1 heterocycles. The van der Waals surface area contributed by atoms with Crippen LogP contribution < -0.4 is 11.2 Å². The van der Waals surface area contributed by atoms with Crippen molar-refractivity contribution in [3.05, 3.63) is 69.0 Å². The predicted molar refractivity (Wildman–Crippen MR) is 85.2 cm³/mol. The molecule has 0 saturated heterocycles. The van der Waals surface area contributed by atoms with Gasteiger partial charge >= 0.3 is 5.69 Å². The van der Waals surface area contributed by atoms with Gasteiger partial charge < -0.3 is 9.84 Å². The van der Waals surface area contributed by atoms with Gasteiger partial charge in [0.05, 0.1) is 24.9 Å². The molecule has 6 nitrogen and oxygen atoms in total. The van der Waals surface area contributed by atoms with Crippen molar-refractivity contribution in [1.29, 1.82) is 0 Å². The van der Waals surface area contributed by atoms with Crippen LogP contribution in [0.1, 0.15) is 30.9 Å². The highest BCUT2D eigenvalue weighted by Gasteiger charge is 2.31. The first-order chi connectivity index (χ1) is 11.1. The molecule has 2 aromatic rings. The maximum Gasteiger partial charge on any atom is 0.328 e. The minimum Gasteiger partial charge on any atom is -0.391 e. The van der Waals surface area contributed by atoms with Gasteiger partial charge in [-0.1, -0.05) is 30.3 Å². The molecular weight excluding hydrogens is 296 g/mol. The molecule has 0 amide bonds. The number of nitrogens with one attached hydrogen (secondary N) is 1. The third-order valence-corrected chi connectivity index (χ3v) is 4.27. The molecule has 0 aliphatic heterocycles. The maximum atomic E-state index is 11.9. The summed E-state index contributed by atoms with van der Waals surface area (Å²) in [5, 5.41) is 10.2. The number of aromatic amines is 1. The average Bonchev–Trinajstić information content (AvgIpc) is 2.55. The first kappa shape index (κ1) is 15.7. The van der Waals surface area contributed by atoms with Crippen LogP contribution >= 0.6 is 0 Å². The fourth-order valence-electron chi connectivity index (χ4n) is 3.02. The highest BCUT2D eigenvalue weighted by Crippen LogP contribution is 2.30. The van der Waals surface area contributed by atoms with Crippen molar-refractivity contribution < 1.29 is 9.84 Å². The van der Waals surface area contributed by atoms with E-state index in [0.29, 0.717) is 19.4 Å². The van der Waals surface area contributed by atoms with Crippen LogP contribution in [0.3, 0.4) is 0 Å². The number of hydrogen-bond donors (Lipinski definition) is 2. The molecular formula is C17H20N2O4. The number of H-pyrrole nitrogens is 1. The summed E-state index contributed by atoms with van der Waals surface area (Å²) < 4.78 is 7.33. The minimum absolute atomic E-state index is 0.0255. The zero-order valence-electron chi connectivity index (χ0n) is 12.7. The number of benzene rings is 1. The summed E-state index contributed by atoms with van der Waals surface area (Å²) in [5.74, 6) is 0. The van der Waals surface area contributed by atoms with Crippen LogP contribution in [0.15, 0.2) is 52.2 Å². The molecule has 3 rings (SSSR count). The van der Waals surface area contributed by atoms with Gasteiger partial charge in [0.2, 0.25) is 0 Å². The highest BCUT2D eigenvalue weighted by atomic mass is 16.5. The van der Waals surface area contributed by atoms with Crippen LogP contribution in [0, 0.1) is 0 Å². The molecule has 122 valence electrons. The minimum atomic E-state index is -0.616. The van der Waals surface area contributed by atoms with Crippen molar-refractivity contribution in [3.8, 4) is 0 Å². The number of hydrogen-bond acceptors (Lipinski definition) is 4. The number of ether oxygens (including phenoxy) is 1. The van der Waals surface area contributed by atoms with E-state index in [0.717, 1.165) is 12.0 Å². The third-order valence-electron chi connectivity index (χ3n) is 4.27. The summed E-state index contributed by atoms with van der Waals surface area (Å²) in [6, 6.07) is 10.8. The number of aromatic nitrogens is 2. The Hall–Kier alpha value is -2.18. The van der Waals surface area contributed by atoms with Gasteiger partial charge in [0.25, 0.3) is 5.56 Å². The molecule has 6 heteroatoms. The molecule has 0 bridgehead atoms. The second-order valence-electron chi connectivity index (χ2n) is 5.88. The Kier molecular flexibility index (Phi) is 4.73. The molecule has 0 spiro atoms. The first-order valence-electron chi connectivity index (χ1n) is 7.78. The molecule has 1 unspecified atom stereocenters. The van der Waals surface area contributed by atoms with Crippen LogP contribution in [0.2, 0.25) is 0 Å². The molecule has 3 atom stereocenters. The molecule has 1 fully saturated rings. The lowest BCUT2D eigenvalue weighted by Crippen LogP contribution is -2.41. The Morgan fingerprint density at radius 2 is 1.96 bits per heavy atom. The smallest absolute Gasteiger partial charge is 0.328 e. The molecule has 1 aromatic carbocycles. The lowest BCUT2D eigenvalue weighted by atomic mass is 9.90. The second-order valence-corrected chi connectivity index (χ2v) is 5.88. The lowest BCUT2D eigenvalue weighted by molar-refractivity contribution is -0.0373. The molecule has 0 radical (unpaired) electrons. The van der Waals surface area contributed by atoms with Gasteiger partial charge in [-0.25, -0.2) is 4.79 Å². The van der Waals surface area contributed by atoms with Gasteiger partial charge in [0.15, 0.2) is 0 Å². The summed E-state index contributed by atoms with van der Waals surface area (Å²) in [5.41, 5.74) is 0.162. The molecule has 2 N–H and O–H groups in total. The Labute approximate surface area is 133 Å². The van der Waals surface area contributed by atoms with Crippen molar-refractivity contribution in [3.63, 3.8) is 0 Å².